The quantitative estimate of drug-likeness (QED) is 0.333. The van der Waals surface area contributed by atoms with Crippen molar-refractivity contribution in [3.63, 3.8) is 0 Å². The maximum absolute atomic E-state index is 11.1. The van der Waals surface area contributed by atoms with Gasteiger partial charge in [0.1, 0.15) is 24.4 Å². The van der Waals surface area contributed by atoms with Gasteiger partial charge in [-0.1, -0.05) is 0 Å². The normalized spacial score (nSPS) is 20.2. The van der Waals surface area contributed by atoms with Crippen molar-refractivity contribution in [3.05, 3.63) is 0 Å². The molecule has 0 unspecified atom stereocenters. The SMILES string of the molecule is CP(C)(=O)OC[C@@H](O)[C@@H](O)[C@H](O)[C@@H](O)CO. The van der Waals surface area contributed by atoms with Crippen molar-refractivity contribution in [1.82, 2.24) is 0 Å². The molecule has 0 fully saturated rings. The average molecular weight is 258 g/mol. The smallest absolute Gasteiger partial charge is 0.197 e. The molecule has 8 heteroatoms. The molecule has 0 bridgehead atoms. The van der Waals surface area contributed by atoms with E-state index >= 15 is 0 Å². The molecule has 0 aromatic rings. The first-order valence-corrected chi connectivity index (χ1v) is 7.23. The lowest BCUT2D eigenvalue weighted by Crippen LogP contribution is -2.47. The van der Waals surface area contributed by atoms with E-state index in [4.69, 9.17) is 14.7 Å². The van der Waals surface area contributed by atoms with E-state index in [1.807, 2.05) is 0 Å². The molecule has 98 valence electrons. The Morgan fingerprint density at radius 3 is 1.88 bits per heavy atom. The van der Waals surface area contributed by atoms with Crippen LogP contribution in [0.15, 0.2) is 0 Å². The van der Waals surface area contributed by atoms with Gasteiger partial charge in [0, 0.05) is 13.3 Å². The Morgan fingerprint density at radius 2 is 1.50 bits per heavy atom. The van der Waals surface area contributed by atoms with Crippen molar-refractivity contribution < 1.29 is 34.6 Å². The van der Waals surface area contributed by atoms with Crippen molar-refractivity contribution >= 4 is 7.37 Å². The van der Waals surface area contributed by atoms with Crippen LogP contribution in [0.3, 0.4) is 0 Å². The van der Waals surface area contributed by atoms with Gasteiger partial charge in [-0.05, 0) is 0 Å². The molecule has 7 nitrogen and oxygen atoms in total. The van der Waals surface area contributed by atoms with E-state index in [2.05, 4.69) is 0 Å². The van der Waals surface area contributed by atoms with E-state index in [1.54, 1.807) is 0 Å². The van der Waals surface area contributed by atoms with E-state index in [9.17, 15) is 19.9 Å². The molecule has 0 aliphatic carbocycles. The number of rotatable bonds is 7. The van der Waals surface area contributed by atoms with Crippen LogP contribution in [0.1, 0.15) is 0 Å². The Balaban J connectivity index is 4.17. The second kappa shape index (κ2) is 6.66. The molecule has 5 N–H and O–H groups in total. The molecule has 0 aliphatic rings. The summed E-state index contributed by atoms with van der Waals surface area (Å²) in [6, 6.07) is 0. The summed E-state index contributed by atoms with van der Waals surface area (Å²) in [5.41, 5.74) is 0. The summed E-state index contributed by atoms with van der Waals surface area (Å²) in [6.07, 6.45) is -6.44. The van der Waals surface area contributed by atoms with Crippen molar-refractivity contribution in [3.8, 4) is 0 Å². The second-order valence-corrected chi connectivity index (χ2v) is 6.61. The first kappa shape index (κ1) is 16.0. The zero-order valence-corrected chi connectivity index (χ0v) is 10.1. The number of aliphatic hydroxyl groups excluding tert-OH is 5. The number of hydrogen-bond donors (Lipinski definition) is 5. The zero-order chi connectivity index (χ0) is 12.9. The summed E-state index contributed by atoms with van der Waals surface area (Å²) in [7, 11) is -2.78. The molecule has 16 heavy (non-hydrogen) atoms. The summed E-state index contributed by atoms with van der Waals surface area (Å²) in [6.45, 7) is 1.50. The first-order chi connectivity index (χ1) is 7.19. The third-order valence-corrected chi connectivity index (χ3v) is 2.65. The Morgan fingerprint density at radius 1 is 1.06 bits per heavy atom. The largest absolute Gasteiger partial charge is 0.394 e. The summed E-state index contributed by atoms with van der Waals surface area (Å²) in [5.74, 6) is 0. The number of aliphatic hydroxyl groups is 5. The van der Waals surface area contributed by atoms with Crippen LogP contribution in [-0.2, 0) is 9.09 Å². The van der Waals surface area contributed by atoms with Crippen molar-refractivity contribution in [2.24, 2.45) is 0 Å². The predicted molar refractivity (Wildman–Crippen MR) is 56.5 cm³/mol. The molecule has 0 saturated carbocycles. The maximum atomic E-state index is 11.1. The summed E-state index contributed by atoms with van der Waals surface area (Å²) < 4.78 is 15.9. The highest BCUT2D eigenvalue weighted by Crippen LogP contribution is 2.37. The van der Waals surface area contributed by atoms with Gasteiger partial charge in [-0.25, -0.2) is 0 Å². The van der Waals surface area contributed by atoms with Crippen molar-refractivity contribution in [1.29, 1.82) is 0 Å². The molecule has 4 atom stereocenters. The highest BCUT2D eigenvalue weighted by molar-refractivity contribution is 7.57. The van der Waals surface area contributed by atoms with Gasteiger partial charge in [0.15, 0.2) is 7.37 Å². The molecule has 0 spiro atoms. The maximum Gasteiger partial charge on any atom is 0.197 e. The lowest BCUT2D eigenvalue weighted by Gasteiger charge is -2.25. The highest BCUT2D eigenvalue weighted by Gasteiger charge is 2.30. The summed E-state index contributed by atoms with van der Waals surface area (Å²) in [5, 5.41) is 45.5. The molecule has 0 amide bonds. The monoisotopic (exact) mass is 258 g/mol. The fourth-order valence-corrected chi connectivity index (χ4v) is 1.43. The molecule has 0 saturated heterocycles. The Labute approximate surface area is 93.8 Å². The number of hydrogen-bond acceptors (Lipinski definition) is 7. The summed E-state index contributed by atoms with van der Waals surface area (Å²) in [4.78, 5) is 0. The van der Waals surface area contributed by atoms with E-state index in [-0.39, 0.29) is 0 Å². The van der Waals surface area contributed by atoms with Crippen LogP contribution in [0.4, 0.5) is 0 Å². The molecule has 0 aromatic carbocycles. The van der Waals surface area contributed by atoms with Gasteiger partial charge in [-0.2, -0.15) is 0 Å². The van der Waals surface area contributed by atoms with Gasteiger partial charge in [0.05, 0.1) is 13.2 Å². The van der Waals surface area contributed by atoms with Crippen molar-refractivity contribution in [2.75, 3.05) is 26.5 Å². The van der Waals surface area contributed by atoms with E-state index in [0.717, 1.165) is 0 Å². The summed E-state index contributed by atoms with van der Waals surface area (Å²) >= 11 is 0. The molecule has 0 aliphatic heterocycles. The van der Waals surface area contributed by atoms with Gasteiger partial charge < -0.3 is 30.1 Å². The Kier molecular flexibility index (Phi) is 6.65. The van der Waals surface area contributed by atoms with Crippen molar-refractivity contribution in [2.45, 2.75) is 24.4 Å². The highest BCUT2D eigenvalue weighted by atomic mass is 31.2. The zero-order valence-electron chi connectivity index (χ0n) is 9.22. The van der Waals surface area contributed by atoms with Gasteiger partial charge in [-0.3, -0.25) is 4.57 Å². The molecule has 0 heterocycles. The van der Waals surface area contributed by atoms with E-state index < -0.39 is 45.0 Å². The second-order valence-electron chi connectivity index (χ2n) is 3.85. The van der Waals surface area contributed by atoms with Crippen LogP contribution >= 0.6 is 7.37 Å². The van der Waals surface area contributed by atoms with Gasteiger partial charge in [0.2, 0.25) is 0 Å². The lowest BCUT2D eigenvalue weighted by molar-refractivity contribution is -0.121. The molecule has 0 rings (SSSR count). The van der Waals surface area contributed by atoms with Crippen LogP contribution in [0.5, 0.6) is 0 Å². The van der Waals surface area contributed by atoms with Crippen LogP contribution in [0.25, 0.3) is 0 Å². The van der Waals surface area contributed by atoms with Gasteiger partial charge in [0.25, 0.3) is 0 Å². The fraction of sp³-hybridized carbons (Fsp3) is 1.00. The molecule has 0 aromatic heterocycles. The average Bonchev–Trinajstić information content (AvgIpc) is 2.21. The third kappa shape index (κ3) is 5.91. The third-order valence-electron chi connectivity index (χ3n) is 1.88. The van der Waals surface area contributed by atoms with Gasteiger partial charge >= 0.3 is 0 Å². The Bertz CT molecular complexity index is 241. The van der Waals surface area contributed by atoms with E-state index in [0.29, 0.717) is 0 Å². The van der Waals surface area contributed by atoms with Crippen LogP contribution < -0.4 is 0 Å². The van der Waals surface area contributed by atoms with E-state index in [1.165, 1.54) is 13.3 Å². The van der Waals surface area contributed by atoms with Gasteiger partial charge in [-0.15, -0.1) is 0 Å². The van der Waals surface area contributed by atoms with Crippen LogP contribution in [0.2, 0.25) is 0 Å². The molecule has 0 radical (unpaired) electrons. The topological polar surface area (TPSA) is 127 Å². The predicted octanol–water partition coefficient (Wildman–Crippen LogP) is -2.02. The fourth-order valence-electron chi connectivity index (χ4n) is 0.918. The minimum Gasteiger partial charge on any atom is -0.394 e. The van der Waals surface area contributed by atoms with Crippen LogP contribution in [-0.4, -0.2) is 76.5 Å². The molecular weight excluding hydrogens is 239 g/mol. The first-order valence-electron chi connectivity index (χ1n) is 4.71. The standard InChI is InChI=1S/C8H19O7P/c1-16(2,14)15-4-6(11)8(13)7(12)5(10)3-9/h5-13H,3-4H2,1-2H3/t5-,6+,7+,8+/m0/s1. The lowest BCUT2D eigenvalue weighted by atomic mass is 10.0. The Hall–Kier alpha value is -0.0100. The molecular formula is C8H19O7P. The minimum absolute atomic E-state index is 0.430. The van der Waals surface area contributed by atoms with Crippen LogP contribution in [0, 0.1) is 0 Å². The minimum atomic E-state index is -2.78.